The SMILES string of the molecule is Cc1c(N2CCCC(F)(F)C2)nc2ccc(Br)cc2c1C(=O)NCC(CCC(=O)O)c1ccccc1C(F)(F)F. The van der Waals surface area contributed by atoms with E-state index in [0.29, 0.717) is 27.5 Å². The molecular weight excluding hydrogens is 601 g/mol. The van der Waals surface area contributed by atoms with Crippen LogP contribution < -0.4 is 10.2 Å². The summed E-state index contributed by atoms with van der Waals surface area (Å²) in [7, 11) is 0. The van der Waals surface area contributed by atoms with Crippen molar-refractivity contribution < 1.29 is 36.6 Å². The fourth-order valence-corrected chi connectivity index (χ4v) is 5.51. The average molecular weight is 628 g/mol. The quantitative estimate of drug-likeness (QED) is 0.264. The molecule has 40 heavy (non-hydrogen) atoms. The first-order valence-electron chi connectivity index (χ1n) is 12.7. The summed E-state index contributed by atoms with van der Waals surface area (Å²) in [5, 5.41) is 12.3. The minimum atomic E-state index is -4.67. The van der Waals surface area contributed by atoms with Gasteiger partial charge in [0.25, 0.3) is 11.8 Å². The summed E-state index contributed by atoms with van der Waals surface area (Å²) in [6, 6.07) is 9.89. The zero-order valence-electron chi connectivity index (χ0n) is 21.5. The van der Waals surface area contributed by atoms with Gasteiger partial charge in [-0.2, -0.15) is 13.2 Å². The molecule has 2 N–H and O–H groups in total. The van der Waals surface area contributed by atoms with E-state index in [1.807, 2.05) is 0 Å². The number of anilines is 1. The van der Waals surface area contributed by atoms with E-state index >= 15 is 0 Å². The zero-order chi connectivity index (χ0) is 29.2. The molecule has 4 rings (SSSR count). The van der Waals surface area contributed by atoms with Crippen molar-refractivity contribution in [3.63, 3.8) is 0 Å². The van der Waals surface area contributed by atoms with Crippen LogP contribution in [-0.2, 0) is 11.0 Å². The molecule has 1 aliphatic heterocycles. The van der Waals surface area contributed by atoms with Gasteiger partial charge in [0.1, 0.15) is 5.82 Å². The van der Waals surface area contributed by atoms with Gasteiger partial charge in [-0.3, -0.25) is 9.59 Å². The van der Waals surface area contributed by atoms with Crippen molar-refractivity contribution in [3.05, 3.63) is 69.2 Å². The number of benzene rings is 2. The van der Waals surface area contributed by atoms with Crippen molar-refractivity contribution in [2.45, 2.75) is 50.6 Å². The highest BCUT2D eigenvalue weighted by Crippen LogP contribution is 2.37. The Balaban J connectivity index is 1.71. The number of halogens is 6. The van der Waals surface area contributed by atoms with Gasteiger partial charge in [0, 0.05) is 47.3 Å². The second-order valence-corrected chi connectivity index (χ2v) is 10.8. The number of rotatable bonds is 8. The molecule has 3 aromatic rings. The van der Waals surface area contributed by atoms with Crippen LogP contribution in [0.25, 0.3) is 10.9 Å². The van der Waals surface area contributed by atoms with Gasteiger partial charge in [-0.05, 0) is 49.6 Å². The van der Waals surface area contributed by atoms with E-state index in [4.69, 9.17) is 0 Å². The van der Waals surface area contributed by atoms with Crippen LogP contribution in [-0.4, -0.2) is 47.5 Å². The number of hydrogen-bond acceptors (Lipinski definition) is 4. The van der Waals surface area contributed by atoms with Crippen LogP contribution >= 0.6 is 15.9 Å². The number of aliphatic carboxylic acids is 1. The third kappa shape index (κ3) is 6.71. The van der Waals surface area contributed by atoms with Gasteiger partial charge in [-0.25, -0.2) is 13.8 Å². The normalized spacial score (nSPS) is 16.1. The first-order valence-corrected chi connectivity index (χ1v) is 13.4. The van der Waals surface area contributed by atoms with Crippen molar-refractivity contribution >= 4 is 44.5 Å². The highest BCUT2D eigenvalue weighted by molar-refractivity contribution is 9.10. The summed E-state index contributed by atoms with van der Waals surface area (Å²) >= 11 is 3.37. The second-order valence-electron chi connectivity index (χ2n) is 9.90. The van der Waals surface area contributed by atoms with Crippen LogP contribution in [0.4, 0.5) is 27.8 Å². The summed E-state index contributed by atoms with van der Waals surface area (Å²) in [5.74, 6) is -5.42. The first-order chi connectivity index (χ1) is 18.8. The van der Waals surface area contributed by atoms with Crippen molar-refractivity contribution in [1.82, 2.24) is 10.3 Å². The third-order valence-corrected chi connectivity index (χ3v) is 7.50. The number of hydrogen-bond donors (Lipinski definition) is 2. The topological polar surface area (TPSA) is 82.5 Å². The molecule has 1 aromatic heterocycles. The first kappa shape index (κ1) is 29.7. The van der Waals surface area contributed by atoms with Crippen molar-refractivity contribution in [2.75, 3.05) is 24.5 Å². The monoisotopic (exact) mass is 627 g/mol. The number of carbonyl (C=O) groups excluding carboxylic acids is 1. The van der Waals surface area contributed by atoms with Crippen LogP contribution in [0.15, 0.2) is 46.9 Å². The Morgan fingerprint density at radius 2 is 1.93 bits per heavy atom. The molecule has 0 saturated carbocycles. The molecule has 0 bridgehead atoms. The number of nitrogens with zero attached hydrogens (tertiary/aromatic N) is 2. The van der Waals surface area contributed by atoms with Gasteiger partial charge in [-0.15, -0.1) is 0 Å². The molecule has 0 radical (unpaired) electrons. The Labute approximate surface area is 235 Å². The Bertz CT molecular complexity index is 1430. The van der Waals surface area contributed by atoms with E-state index in [1.54, 1.807) is 25.1 Å². The Kier molecular flexibility index (Phi) is 8.67. The number of carboxylic acid groups (broad SMARTS) is 1. The number of aromatic nitrogens is 1. The molecule has 1 amide bonds. The van der Waals surface area contributed by atoms with E-state index in [2.05, 4.69) is 26.2 Å². The largest absolute Gasteiger partial charge is 0.481 e. The highest BCUT2D eigenvalue weighted by Gasteiger charge is 2.37. The van der Waals surface area contributed by atoms with Gasteiger partial charge in [0.2, 0.25) is 0 Å². The molecule has 6 nitrogen and oxygen atoms in total. The highest BCUT2D eigenvalue weighted by atomic mass is 79.9. The fraction of sp³-hybridized carbons (Fsp3) is 0.393. The van der Waals surface area contributed by atoms with Crippen LogP contribution in [0.5, 0.6) is 0 Å². The molecular formula is C28H27BrF5N3O3. The van der Waals surface area contributed by atoms with E-state index in [1.165, 1.54) is 23.1 Å². The van der Waals surface area contributed by atoms with Crippen molar-refractivity contribution in [1.29, 1.82) is 0 Å². The molecule has 12 heteroatoms. The smallest absolute Gasteiger partial charge is 0.416 e. The molecule has 0 aliphatic carbocycles. The summed E-state index contributed by atoms with van der Waals surface area (Å²) in [4.78, 5) is 30.9. The summed E-state index contributed by atoms with van der Waals surface area (Å²) in [6.45, 7) is 1.12. The van der Waals surface area contributed by atoms with E-state index < -0.39 is 48.4 Å². The Morgan fingerprint density at radius 3 is 2.60 bits per heavy atom. The number of fused-ring (bicyclic) bond motifs is 1. The second kappa shape index (κ2) is 11.7. The maximum atomic E-state index is 14.2. The number of nitrogens with one attached hydrogen (secondary N) is 1. The van der Waals surface area contributed by atoms with E-state index in [0.717, 1.165) is 6.07 Å². The molecule has 0 spiro atoms. The maximum absolute atomic E-state index is 14.2. The van der Waals surface area contributed by atoms with Crippen molar-refractivity contribution in [2.24, 2.45) is 0 Å². The van der Waals surface area contributed by atoms with Crippen LogP contribution in [0, 0.1) is 6.92 Å². The van der Waals surface area contributed by atoms with Gasteiger partial charge >= 0.3 is 12.1 Å². The fourth-order valence-electron chi connectivity index (χ4n) is 5.15. The number of carboxylic acids is 1. The number of pyridine rings is 1. The molecule has 1 fully saturated rings. The van der Waals surface area contributed by atoms with Crippen LogP contribution in [0.3, 0.4) is 0 Å². The summed E-state index contributed by atoms with van der Waals surface area (Å²) in [5.41, 5.74) is -0.100. The maximum Gasteiger partial charge on any atom is 0.416 e. The lowest BCUT2D eigenvalue weighted by Gasteiger charge is -2.34. The molecule has 214 valence electrons. The minimum absolute atomic E-state index is 0.119. The number of alkyl halides is 5. The summed E-state index contributed by atoms with van der Waals surface area (Å²) < 4.78 is 70.3. The lowest BCUT2D eigenvalue weighted by molar-refractivity contribution is -0.138. The lowest BCUT2D eigenvalue weighted by atomic mass is 9.89. The predicted octanol–water partition coefficient (Wildman–Crippen LogP) is 6.94. The average Bonchev–Trinajstić information content (AvgIpc) is 2.87. The Morgan fingerprint density at radius 1 is 1.20 bits per heavy atom. The van der Waals surface area contributed by atoms with Gasteiger partial charge in [0.15, 0.2) is 0 Å². The zero-order valence-corrected chi connectivity index (χ0v) is 23.1. The van der Waals surface area contributed by atoms with Gasteiger partial charge in [-0.1, -0.05) is 34.1 Å². The molecule has 1 aliphatic rings. The number of carbonyl (C=O) groups is 2. The molecule has 1 saturated heterocycles. The van der Waals surface area contributed by atoms with Crippen molar-refractivity contribution in [3.8, 4) is 0 Å². The number of piperidine rings is 1. The molecule has 2 aromatic carbocycles. The predicted molar refractivity (Wildman–Crippen MR) is 144 cm³/mol. The standard InChI is InChI=1S/C28H27BrF5N3O3/c1-16-24(20-13-18(29)8-9-22(20)36-25(16)37-12-4-11-27(30,31)15-37)26(40)35-14-17(7-10-23(38)39)19-5-2-3-6-21(19)28(32,33)34/h2-3,5-6,8-9,13,17H,4,7,10-12,14-15H2,1H3,(H,35,40)(H,38,39). The Hall–Kier alpha value is -3.28. The van der Waals surface area contributed by atoms with E-state index in [-0.39, 0.29) is 42.8 Å². The molecule has 2 heterocycles. The summed E-state index contributed by atoms with van der Waals surface area (Å²) in [6.07, 6.45) is -5.20. The lowest BCUT2D eigenvalue weighted by Crippen LogP contribution is -2.43. The molecule has 1 unspecified atom stereocenters. The van der Waals surface area contributed by atoms with Gasteiger partial charge in [0.05, 0.1) is 23.2 Å². The van der Waals surface area contributed by atoms with Gasteiger partial charge < -0.3 is 15.3 Å². The van der Waals surface area contributed by atoms with Crippen LogP contribution in [0.2, 0.25) is 0 Å². The minimum Gasteiger partial charge on any atom is -0.481 e. The van der Waals surface area contributed by atoms with E-state index in [9.17, 15) is 36.6 Å². The third-order valence-electron chi connectivity index (χ3n) is 7.01. The van der Waals surface area contributed by atoms with Crippen LogP contribution in [0.1, 0.15) is 58.6 Å². The molecule has 1 atom stereocenters. The number of amides is 1.